The van der Waals surface area contributed by atoms with Gasteiger partial charge in [0.2, 0.25) is 5.75 Å². The van der Waals surface area contributed by atoms with Crippen LogP contribution in [0.1, 0.15) is 29.8 Å². The van der Waals surface area contributed by atoms with Crippen LogP contribution in [0.25, 0.3) is 0 Å². The first kappa shape index (κ1) is 11.9. The number of fused-ring (bicyclic) bond motifs is 1. The van der Waals surface area contributed by atoms with Crippen molar-refractivity contribution in [3.05, 3.63) is 23.3 Å². The molecule has 0 aromatic heterocycles. The Kier molecular flexibility index (Phi) is 2.81. The molecule has 0 saturated heterocycles. The number of ether oxygens (including phenoxy) is 1. The van der Waals surface area contributed by atoms with Gasteiger partial charge >= 0.3 is 0 Å². The summed E-state index contributed by atoms with van der Waals surface area (Å²) >= 11 is 0. The molecule has 1 aromatic rings. The minimum absolute atomic E-state index is 0.0938. The van der Waals surface area contributed by atoms with Gasteiger partial charge in [-0.1, -0.05) is 0 Å². The van der Waals surface area contributed by atoms with E-state index in [4.69, 9.17) is 9.99 Å². The highest BCUT2D eigenvalue weighted by Gasteiger charge is 2.36. The summed E-state index contributed by atoms with van der Waals surface area (Å²) in [6, 6.07) is 3.05. The van der Waals surface area contributed by atoms with Gasteiger partial charge < -0.3 is 14.7 Å². The molecule has 17 heavy (non-hydrogen) atoms. The zero-order valence-electron chi connectivity index (χ0n) is 9.64. The lowest BCUT2D eigenvalue weighted by Gasteiger charge is -2.24. The molecule has 0 spiro atoms. The summed E-state index contributed by atoms with van der Waals surface area (Å²) in [4.78, 5) is 14.9. The van der Waals surface area contributed by atoms with Crippen molar-refractivity contribution in [3.8, 4) is 11.5 Å². The Morgan fingerprint density at radius 2 is 2.24 bits per heavy atom. The van der Waals surface area contributed by atoms with Crippen molar-refractivity contribution < 1.29 is 24.8 Å². The molecule has 0 saturated carbocycles. The third kappa shape index (κ3) is 2.11. The van der Waals surface area contributed by atoms with Crippen LogP contribution < -0.4 is 9.62 Å². The Morgan fingerprint density at radius 1 is 1.53 bits per heavy atom. The molecule has 92 valence electrons. The van der Waals surface area contributed by atoms with E-state index >= 15 is 0 Å². The molecule has 5 nitrogen and oxygen atoms in total. The van der Waals surface area contributed by atoms with Gasteiger partial charge in [-0.25, -0.2) is 5.26 Å². The Hall–Kier alpha value is -1.59. The molecular formula is C12H14O5. The van der Waals surface area contributed by atoms with Crippen LogP contribution in [-0.4, -0.2) is 28.4 Å². The van der Waals surface area contributed by atoms with Crippen molar-refractivity contribution in [2.45, 2.75) is 32.0 Å². The van der Waals surface area contributed by atoms with Gasteiger partial charge in [0.25, 0.3) is 0 Å². The quantitative estimate of drug-likeness (QED) is 0.473. The van der Waals surface area contributed by atoms with Gasteiger partial charge in [-0.2, -0.15) is 0 Å². The van der Waals surface area contributed by atoms with E-state index in [0.717, 1.165) is 5.56 Å². The molecule has 1 aliphatic rings. The van der Waals surface area contributed by atoms with Gasteiger partial charge in [0.1, 0.15) is 12.4 Å². The van der Waals surface area contributed by atoms with Crippen LogP contribution in [0.3, 0.4) is 0 Å². The maximum absolute atomic E-state index is 10.7. The summed E-state index contributed by atoms with van der Waals surface area (Å²) in [6.07, 6.45) is 0.713. The Morgan fingerprint density at radius 3 is 2.76 bits per heavy atom. The van der Waals surface area contributed by atoms with Crippen LogP contribution in [0, 0.1) is 0 Å². The maximum Gasteiger partial charge on any atom is 0.207 e. The van der Waals surface area contributed by atoms with E-state index in [-0.39, 0.29) is 5.75 Å². The Bertz CT molecular complexity index is 447. The molecule has 0 radical (unpaired) electrons. The molecule has 0 bridgehead atoms. The van der Waals surface area contributed by atoms with Crippen molar-refractivity contribution >= 4 is 6.29 Å². The number of carbonyl (C=O) groups is 1. The minimum Gasteiger partial charge on any atom is -0.483 e. The third-order valence-electron chi connectivity index (χ3n) is 2.84. The second kappa shape index (κ2) is 4.01. The maximum atomic E-state index is 10.7. The number of aliphatic hydroxyl groups is 1. The molecule has 0 amide bonds. The van der Waals surface area contributed by atoms with Crippen molar-refractivity contribution in [1.82, 2.24) is 0 Å². The van der Waals surface area contributed by atoms with Crippen LogP contribution in [0.5, 0.6) is 11.5 Å². The zero-order chi connectivity index (χ0) is 12.6. The van der Waals surface area contributed by atoms with Crippen molar-refractivity contribution in [2.75, 3.05) is 0 Å². The van der Waals surface area contributed by atoms with Gasteiger partial charge in [0.15, 0.2) is 5.75 Å². The fraction of sp³-hybridized carbons (Fsp3) is 0.417. The molecule has 1 aromatic carbocycles. The molecule has 0 fully saturated rings. The Labute approximate surface area is 98.5 Å². The number of aldehydes is 1. The number of rotatable bonds is 3. The second-order valence-electron chi connectivity index (χ2n) is 4.68. The fourth-order valence-corrected chi connectivity index (χ4v) is 1.88. The summed E-state index contributed by atoms with van der Waals surface area (Å²) in [5.41, 5.74) is 0.131. The topological polar surface area (TPSA) is 76.0 Å². The molecule has 0 unspecified atom stereocenters. The van der Waals surface area contributed by atoms with Crippen LogP contribution in [0.4, 0.5) is 0 Å². The lowest BCUT2D eigenvalue weighted by atomic mass is 9.96. The zero-order valence-corrected chi connectivity index (χ0v) is 9.64. The van der Waals surface area contributed by atoms with Crippen molar-refractivity contribution in [1.29, 1.82) is 0 Å². The summed E-state index contributed by atoms with van der Waals surface area (Å²) in [6.45, 7) is 3.29. The second-order valence-corrected chi connectivity index (χ2v) is 4.68. The Balaban J connectivity index is 2.40. The number of hydrogen-bond donors (Lipinski definition) is 2. The predicted octanol–water partition coefficient (Wildman–Crippen LogP) is 1.43. The van der Waals surface area contributed by atoms with E-state index < -0.39 is 11.7 Å². The monoisotopic (exact) mass is 238 g/mol. The summed E-state index contributed by atoms with van der Waals surface area (Å²) in [5.74, 6) is 0.474. The van der Waals surface area contributed by atoms with E-state index in [1.807, 2.05) is 0 Å². The average Bonchev–Trinajstić information content (AvgIpc) is 2.70. The first-order valence-corrected chi connectivity index (χ1v) is 5.28. The van der Waals surface area contributed by atoms with Crippen LogP contribution in [0.15, 0.2) is 12.1 Å². The van der Waals surface area contributed by atoms with E-state index in [1.165, 1.54) is 6.07 Å². The van der Waals surface area contributed by atoms with Gasteiger partial charge in [0, 0.05) is 17.5 Å². The summed E-state index contributed by atoms with van der Waals surface area (Å²) in [7, 11) is 0. The van der Waals surface area contributed by atoms with E-state index in [1.54, 1.807) is 19.9 Å². The van der Waals surface area contributed by atoms with E-state index in [2.05, 4.69) is 4.89 Å². The van der Waals surface area contributed by atoms with Crippen LogP contribution >= 0.6 is 0 Å². The predicted molar refractivity (Wildman–Crippen MR) is 59.5 cm³/mol. The molecule has 2 rings (SSSR count). The first-order chi connectivity index (χ1) is 7.95. The summed E-state index contributed by atoms with van der Waals surface area (Å²) < 4.78 is 5.54. The highest BCUT2D eigenvalue weighted by molar-refractivity contribution is 5.77. The SMILES string of the molecule is CC(C)(O)[C@@H]1Cc2cc(C=O)cc(OO)c2O1. The van der Waals surface area contributed by atoms with Gasteiger partial charge in [-0.05, 0) is 26.0 Å². The fourth-order valence-electron chi connectivity index (χ4n) is 1.88. The first-order valence-electron chi connectivity index (χ1n) is 5.28. The lowest BCUT2D eigenvalue weighted by Crippen LogP contribution is -2.39. The number of hydrogen-bond acceptors (Lipinski definition) is 5. The molecule has 1 aliphatic heterocycles. The minimum atomic E-state index is -1.01. The van der Waals surface area contributed by atoms with Crippen molar-refractivity contribution in [3.63, 3.8) is 0 Å². The molecule has 5 heteroatoms. The molecule has 1 heterocycles. The van der Waals surface area contributed by atoms with Crippen LogP contribution in [0.2, 0.25) is 0 Å². The number of carbonyl (C=O) groups excluding carboxylic acids is 1. The standard InChI is InChI=1S/C12H14O5/c1-12(2,14)10-5-8-3-7(6-13)4-9(17-15)11(8)16-10/h3-4,6,10,14-15H,5H2,1-2H3/t10-/m0/s1. The largest absolute Gasteiger partial charge is 0.483 e. The normalized spacial score (nSPS) is 18.5. The lowest BCUT2D eigenvalue weighted by molar-refractivity contribution is -0.140. The van der Waals surface area contributed by atoms with Gasteiger partial charge in [-0.15, -0.1) is 0 Å². The highest BCUT2D eigenvalue weighted by Crippen LogP contribution is 2.40. The van der Waals surface area contributed by atoms with Crippen molar-refractivity contribution in [2.24, 2.45) is 0 Å². The molecule has 2 N–H and O–H groups in total. The van der Waals surface area contributed by atoms with Crippen LogP contribution in [-0.2, 0) is 6.42 Å². The molecule has 1 atom stereocenters. The van der Waals surface area contributed by atoms with Gasteiger partial charge in [0.05, 0.1) is 5.60 Å². The number of benzene rings is 1. The van der Waals surface area contributed by atoms with Gasteiger partial charge in [-0.3, -0.25) is 4.79 Å². The summed E-state index contributed by atoms with van der Waals surface area (Å²) in [5, 5.41) is 18.6. The molecular weight excluding hydrogens is 224 g/mol. The highest BCUT2D eigenvalue weighted by atomic mass is 17.1. The molecule has 0 aliphatic carbocycles. The van der Waals surface area contributed by atoms with E-state index in [0.29, 0.717) is 24.0 Å². The average molecular weight is 238 g/mol. The smallest absolute Gasteiger partial charge is 0.207 e. The van der Waals surface area contributed by atoms with E-state index in [9.17, 15) is 9.90 Å². The third-order valence-corrected chi connectivity index (χ3v) is 2.84.